The van der Waals surface area contributed by atoms with E-state index in [-0.39, 0.29) is 11.5 Å². The van der Waals surface area contributed by atoms with E-state index < -0.39 is 0 Å². The SMILES string of the molecule is Nc1nc2nc(N3CCOCC3)[nH]c2c(=O)[nH]1. The molecule has 0 unspecified atom stereocenters. The number of nitrogens with two attached hydrogens (primary N) is 1. The Morgan fingerprint density at radius 3 is 2.76 bits per heavy atom. The number of ether oxygens (including phenoxy) is 1. The Kier molecular flexibility index (Phi) is 2.22. The van der Waals surface area contributed by atoms with Gasteiger partial charge in [-0.15, -0.1) is 0 Å². The van der Waals surface area contributed by atoms with Crippen LogP contribution in [0, 0.1) is 0 Å². The fourth-order valence-corrected chi connectivity index (χ4v) is 1.84. The summed E-state index contributed by atoms with van der Waals surface area (Å²) < 4.78 is 5.25. The van der Waals surface area contributed by atoms with E-state index in [1.165, 1.54) is 0 Å². The van der Waals surface area contributed by atoms with Gasteiger partial charge in [0.1, 0.15) is 0 Å². The molecule has 2 aromatic heterocycles. The third-order valence-corrected chi connectivity index (χ3v) is 2.68. The molecule has 1 aliphatic heterocycles. The zero-order valence-corrected chi connectivity index (χ0v) is 9.06. The van der Waals surface area contributed by atoms with Crippen LogP contribution in [0.25, 0.3) is 11.2 Å². The topological polar surface area (TPSA) is 113 Å². The molecule has 0 aromatic carbocycles. The van der Waals surface area contributed by atoms with Gasteiger partial charge in [0.15, 0.2) is 11.2 Å². The molecular weight excluding hydrogens is 224 g/mol. The molecule has 1 saturated heterocycles. The maximum Gasteiger partial charge on any atom is 0.278 e. The maximum absolute atomic E-state index is 11.6. The molecule has 4 N–H and O–H groups in total. The molecule has 8 nitrogen and oxygen atoms in total. The first kappa shape index (κ1) is 10.1. The van der Waals surface area contributed by atoms with Crippen LogP contribution in [-0.2, 0) is 4.74 Å². The molecule has 2 aromatic rings. The van der Waals surface area contributed by atoms with E-state index >= 15 is 0 Å². The Labute approximate surface area is 95.8 Å². The molecule has 3 rings (SSSR count). The van der Waals surface area contributed by atoms with Gasteiger partial charge in [-0.25, -0.2) is 0 Å². The molecule has 8 heteroatoms. The average molecular weight is 236 g/mol. The molecule has 17 heavy (non-hydrogen) atoms. The van der Waals surface area contributed by atoms with Gasteiger partial charge in [-0.1, -0.05) is 0 Å². The molecule has 0 amide bonds. The van der Waals surface area contributed by atoms with Crippen molar-refractivity contribution in [3.05, 3.63) is 10.4 Å². The lowest BCUT2D eigenvalue weighted by atomic mass is 10.4. The largest absolute Gasteiger partial charge is 0.378 e. The predicted octanol–water partition coefficient (Wildman–Crippen LogP) is -0.935. The highest BCUT2D eigenvalue weighted by Gasteiger charge is 2.16. The van der Waals surface area contributed by atoms with Gasteiger partial charge in [0.2, 0.25) is 11.9 Å². The number of nitrogens with zero attached hydrogens (tertiary/aromatic N) is 3. The first-order valence-corrected chi connectivity index (χ1v) is 5.32. The Balaban J connectivity index is 2.06. The summed E-state index contributed by atoms with van der Waals surface area (Å²) in [6.07, 6.45) is 0. The highest BCUT2D eigenvalue weighted by atomic mass is 16.5. The van der Waals surface area contributed by atoms with Gasteiger partial charge in [-0.3, -0.25) is 9.78 Å². The number of anilines is 2. The highest BCUT2D eigenvalue weighted by Crippen LogP contribution is 2.14. The number of rotatable bonds is 1. The Morgan fingerprint density at radius 1 is 1.24 bits per heavy atom. The summed E-state index contributed by atoms with van der Waals surface area (Å²) in [5, 5.41) is 0. The minimum atomic E-state index is -0.306. The third kappa shape index (κ3) is 1.72. The lowest BCUT2D eigenvalue weighted by molar-refractivity contribution is 0.122. The van der Waals surface area contributed by atoms with Crippen LogP contribution in [-0.4, -0.2) is 46.2 Å². The Bertz CT molecular complexity index is 597. The number of aromatic nitrogens is 4. The minimum absolute atomic E-state index is 0.0718. The molecular formula is C9H12N6O2. The second-order valence-electron chi connectivity index (χ2n) is 3.81. The van der Waals surface area contributed by atoms with Gasteiger partial charge >= 0.3 is 0 Å². The van der Waals surface area contributed by atoms with E-state index in [9.17, 15) is 4.79 Å². The van der Waals surface area contributed by atoms with E-state index in [1.807, 2.05) is 4.90 Å². The van der Waals surface area contributed by atoms with Crippen molar-refractivity contribution in [2.75, 3.05) is 36.9 Å². The normalized spacial score (nSPS) is 16.6. The minimum Gasteiger partial charge on any atom is -0.378 e. The van der Waals surface area contributed by atoms with Gasteiger partial charge in [-0.05, 0) is 0 Å². The van der Waals surface area contributed by atoms with E-state index in [1.54, 1.807) is 0 Å². The number of nitrogen functional groups attached to an aromatic ring is 1. The van der Waals surface area contributed by atoms with Crippen LogP contribution in [0.4, 0.5) is 11.9 Å². The Morgan fingerprint density at radius 2 is 2.00 bits per heavy atom. The smallest absolute Gasteiger partial charge is 0.278 e. The third-order valence-electron chi connectivity index (χ3n) is 2.68. The molecule has 0 atom stereocenters. The van der Waals surface area contributed by atoms with Gasteiger partial charge in [0.05, 0.1) is 13.2 Å². The van der Waals surface area contributed by atoms with Crippen molar-refractivity contribution >= 4 is 23.1 Å². The van der Waals surface area contributed by atoms with E-state index in [4.69, 9.17) is 10.5 Å². The molecule has 90 valence electrons. The van der Waals surface area contributed by atoms with Crippen molar-refractivity contribution in [3.63, 3.8) is 0 Å². The molecule has 0 bridgehead atoms. The number of hydrogen-bond donors (Lipinski definition) is 3. The van der Waals surface area contributed by atoms with Crippen molar-refractivity contribution in [2.24, 2.45) is 0 Å². The fraction of sp³-hybridized carbons (Fsp3) is 0.444. The number of fused-ring (bicyclic) bond motifs is 1. The zero-order valence-electron chi connectivity index (χ0n) is 9.06. The molecule has 0 spiro atoms. The van der Waals surface area contributed by atoms with Crippen LogP contribution in [0.2, 0.25) is 0 Å². The van der Waals surface area contributed by atoms with Crippen LogP contribution in [0.5, 0.6) is 0 Å². The van der Waals surface area contributed by atoms with Crippen LogP contribution < -0.4 is 16.2 Å². The maximum atomic E-state index is 11.6. The number of imidazole rings is 1. The van der Waals surface area contributed by atoms with Crippen molar-refractivity contribution in [3.8, 4) is 0 Å². The molecule has 0 aliphatic carbocycles. The second-order valence-corrected chi connectivity index (χ2v) is 3.81. The van der Waals surface area contributed by atoms with Crippen molar-refractivity contribution in [1.29, 1.82) is 0 Å². The zero-order chi connectivity index (χ0) is 11.8. The van der Waals surface area contributed by atoms with Crippen molar-refractivity contribution < 1.29 is 4.74 Å². The summed E-state index contributed by atoms with van der Waals surface area (Å²) in [5.41, 5.74) is 5.84. The Hall–Kier alpha value is -2.09. The summed E-state index contributed by atoms with van der Waals surface area (Å²) in [6, 6.07) is 0. The van der Waals surface area contributed by atoms with Crippen LogP contribution >= 0.6 is 0 Å². The molecule has 1 aliphatic rings. The number of nitrogens with one attached hydrogen (secondary N) is 2. The fourth-order valence-electron chi connectivity index (χ4n) is 1.84. The second kappa shape index (κ2) is 3.74. The van der Waals surface area contributed by atoms with Gasteiger partial charge in [-0.2, -0.15) is 9.97 Å². The quantitative estimate of drug-likeness (QED) is 0.589. The van der Waals surface area contributed by atoms with Gasteiger partial charge in [0.25, 0.3) is 5.56 Å². The molecule has 0 radical (unpaired) electrons. The number of H-pyrrole nitrogens is 2. The lowest BCUT2D eigenvalue weighted by Crippen LogP contribution is -2.36. The average Bonchev–Trinajstić information content (AvgIpc) is 2.74. The van der Waals surface area contributed by atoms with Crippen molar-refractivity contribution in [2.45, 2.75) is 0 Å². The summed E-state index contributed by atoms with van der Waals surface area (Å²) in [6.45, 7) is 2.80. The number of hydrogen-bond acceptors (Lipinski definition) is 6. The first-order valence-electron chi connectivity index (χ1n) is 5.32. The van der Waals surface area contributed by atoms with Crippen LogP contribution in [0.3, 0.4) is 0 Å². The van der Waals surface area contributed by atoms with Gasteiger partial charge in [0, 0.05) is 13.1 Å². The summed E-state index contributed by atoms with van der Waals surface area (Å²) in [4.78, 5) is 27.2. The van der Waals surface area contributed by atoms with Crippen LogP contribution in [0.1, 0.15) is 0 Å². The number of aromatic amines is 2. The predicted molar refractivity (Wildman–Crippen MR) is 62.0 cm³/mol. The molecule has 3 heterocycles. The molecule has 0 saturated carbocycles. The summed E-state index contributed by atoms with van der Waals surface area (Å²) >= 11 is 0. The monoisotopic (exact) mass is 236 g/mol. The number of morpholine rings is 1. The van der Waals surface area contributed by atoms with Crippen molar-refractivity contribution in [1.82, 2.24) is 19.9 Å². The first-order chi connectivity index (χ1) is 8.24. The lowest BCUT2D eigenvalue weighted by Gasteiger charge is -2.25. The summed E-state index contributed by atoms with van der Waals surface area (Å²) in [5.74, 6) is 0.703. The van der Waals surface area contributed by atoms with Gasteiger partial charge < -0.3 is 20.4 Å². The van der Waals surface area contributed by atoms with E-state index in [0.717, 1.165) is 13.1 Å². The summed E-state index contributed by atoms with van der Waals surface area (Å²) in [7, 11) is 0. The van der Waals surface area contributed by atoms with Crippen LogP contribution in [0.15, 0.2) is 4.79 Å². The highest BCUT2D eigenvalue weighted by molar-refractivity contribution is 5.73. The standard InChI is InChI=1S/C9H12N6O2/c10-8-12-6-5(7(16)14-8)11-9(13-6)15-1-3-17-4-2-15/h1-4H2,(H4,10,11,12,13,14,16). The molecule has 1 fully saturated rings. The van der Waals surface area contributed by atoms with E-state index in [0.29, 0.717) is 30.3 Å². The van der Waals surface area contributed by atoms with E-state index in [2.05, 4.69) is 19.9 Å².